The van der Waals surface area contributed by atoms with Gasteiger partial charge in [-0.25, -0.2) is 0 Å². The molecule has 0 spiro atoms. The smallest absolute Gasteiger partial charge is 0.0708 e. The Bertz CT molecular complexity index is 140. The Kier molecular flexibility index (Phi) is 1.31. The van der Waals surface area contributed by atoms with Gasteiger partial charge in [0.2, 0.25) is 0 Å². The molecule has 0 aromatic carbocycles. The summed E-state index contributed by atoms with van der Waals surface area (Å²) < 4.78 is 0. The van der Waals surface area contributed by atoms with Crippen molar-refractivity contribution in [2.45, 2.75) is 44.6 Å². The van der Waals surface area contributed by atoms with Crippen LogP contribution in [0.2, 0.25) is 0 Å². The van der Waals surface area contributed by atoms with Gasteiger partial charge in [-0.05, 0) is 31.1 Å². The largest absolute Gasteiger partial charge is 0.389 e. The second kappa shape index (κ2) is 1.97. The molecule has 0 bridgehead atoms. The summed E-state index contributed by atoms with van der Waals surface area (Å²) in [6.07, 6.45) is 6.19. The molecule has 2 rings (SSSR count). The second-order valence-electron chi connectivity index (χ2n) is 3.93. The molecule has 2 atom stereocenters. The summed E-state index contributed by atoms with van der Waals surface area (Å²) in [5, 5.41) is 9.91. The Labute approximate surface area is 62.4 Å². The fraction of sp³-hybridized carbons (Fsp3) is 1.00. The highest BCUT2D eigenvalue weighted by Crippen LogP contribution is 2.56. The monoisotopic (exact) mass is 140 g/mol. The van der Waals surface area contributed by atoms with Crippen molar-refractivity contribution in [1.29, 1.82) is 0 Å². The summed E-state index contributed by atoms with van der Waals surface area (Å²) in [5.74, 6) is 1.33. The molecule has 1 heteroatoms. The van der Waals surface area contributed by atoms with Gasteiger partial charge < -0.3 is 5.11 Å². The lowest BCUT2D eigenvalue weighted by molar-refractivity contribution is 0.0240. The van der Waals surface area contributed by atoms with E-state index in [4.69, 9.17) is 0 Å². The van der Waals surface area contributed by atoms with Gasteiger partial charge in [-0.15, -0.1) is 0 Å². The molecule has 2 saturated carbocycles. The van der Waals surface area contributed by atoms with Crippen molar-refractivity contribution in [3.8, 4) is 0 Å². The first kappa shape index (κ1) is 6.66. The highest BCUT2D eigenvalue weighted by Gasteiger charge is 2.57. The summed E-state index contributed by atoms with van der Waals surface area (Å²) in [6, 6.07) is 0. The highest BCUT2D eigenvalue weighted by atomic mass is 16.3. The number of hydrogen-bond donors (Lipinski definition) is 1. The molecule has 2 fully saturated rings. The minimum Gasteiger partial charge on any atom is -0.389 e. The molecule has 0 radical (unpaired) electrons. The standard InChI is InChI=1S/C9H16O/c1-2-7-6-9(7,10)8-4-3-5-8/h7-8,10H,2-6H2,1H3. The topological polar surface area (TPSA) is 20.2 Å². The van der Waals surface area contributed by atoms with Crippen LogP contribution in [0.3, 0.4) is 0 Å². The maximum absolute atomic E-state index is 9.91. The lowest BCUT2D eigenvalue weighted by atomic mass is 9.78. The van der Waals surface area contributed by atoms with E-state index in [9.17, 15) is 5.11 Å². The van der Waals surface area contributed by atoms with Crippen LogP contribution in [0.1, 0.15) is 39.0 Å². The first-order chi connectivity index (χ1) is 4.77. The number of aliphatic hydroxyl groups is 1. The third-order valence-corrected chi connectivity index (χ3v) is 3.43. The summed E-state index contributed by atoms with van der Waals surface area (Å²) in [6.45, 7) is 2.18. The molecule has 0 aromatic heterocycles. The fourth-order valence-corrected chi connectivity index (χ4v) is 2.24. The van der Waals surface area contributed by atoms with Gasteiger partial charge in [-0.2, -0.15) is 0 Å². The van der Waals surface area contributed by atoms with Crippen LogP contribution in [0.5, 0.6) is 0 Å². The van der Waals surface area contributed by atoms with Gasteiger partial charge >= 0.3 is 0 Å². The third kappa shape index (κ3) is 0.731. The molecule has 10 heavy (non-hydrogen) atoms. The quantitative estimate of drug-likeness (QED) is 0.621. The number of rotatable bonds is 2. The average molecular weight is 140 g/mol. The molecule has 2 aliphatic rings. The van der Waals surface area contributed by atoms with Crippen molar-refractivity contribution >= 4 is 0 Å². The molecular weight excluding hydrogens is 124 g/mol. The van der Waals surface area contributed by atoms with E-state index in [1.54, 1.807) is 0 Å². The minimum atomic E-state index is -0.187. The van der Waals surface area contributed by atoms with E-state index in [0.717, 1.165) is 6.42 Å². The van der Waals surface area contributed by atoms with Crippen molar-refractivity contribution in [3.63, 3.8) is 0 Å². The maximum atomic E-state index is 9.91. The lowest BCUT2D eigenvalue weighted by Crippen LogP contribution is -2.30. The summed E-state index contributed by atoms with van der Waals surface area (Å²) in [7, 11) is 0. The molecule has 2 unspecified atom stereocenters. The molecule has 0 aromatic rings. The van der Waals surface area contributed by atoms with Crippen LogP contribution >= 0.6 is 0 Å². The van der Waals surface area contributed by atoms with Gasteiger partial charge in [0, 0.05) is 0 Å². The molecule has 0 amide bonds. The Morgan fingerprint density at radius 1 is 1.50 bits per heavy atom. The maximum Gasteiger partial charge on any atom is 0.0708 e. The summed E-state index contributed by atoms with van der Waals surface area (Å²) >= 11 is 0. The normalized spacial score (nSPS) is 46.8. The van der Waals surface area contributed by atoms with Gasteiger partial charge in [-0.3, -0.25) is 0 Å². The van der Waals surface area contributed by atoms with Gasteiger partial charge in [0.1, 0.15) is 0 Å². The van der Waals surface area contributed by atoms with E-state index >= 15 is 0 Å². The summed E-state index contributed by atoms with van der Waals surface area (Å²) in [5.41, 5.74) is -0.187. The van der Waals surface area contributed by atoms with Crippen LogP contribution in [0.15, 0.2) is 0 Å². The van der Waals surface area contributed by atoms with E-state index in [1.165, 1.54) is 25.7 Å². The van der Waals surface area contributed by atoms with Crippen LogP contribution in [-0.2, 0) is 0 Å². The van der Waals surface area contributed by atoms with E-state index in [0.29, 0.717) is 11.8 Å². The Balaban J connectivity index is 1.92. The molecule has 0 saturated heterocycles. The van der Waals surface area contributed by atoms with Crippen molar-refractivity contribution < 1.29 is 5.11 Å². The average Bonchev–Trinajstić information content (AvgIpc) is 2.37. The van der Waals surface area contributed by atoms with Gasteiger partial charge in [-0.1, -0.05) is 19.8 Å². The van der Waals surface area contributed by atoms with Crippen molar-refractivity contribution in [2.75, 3.05) is 0 Å². The van der Waals surface area contributed by atoms with E-state index in [-0.39, 0.29) is 5.60 Å². The predicted molar refractivity (Wildman–Crippen MR) is 40.7 cm³/mol. The van der Waals surface area contributed by atoms with E-state index in [2.05, 4.69) is 6.92 Å². The van der Waals surface area contributed by atoms with E-state index < -0.39 is 0 Å². The zero-order valence-corrected chi connectivity index (χ0v) is 6.64. The molecule has 0 heterocycles. The Hall–Kier alpha value is -0.0400. The Morgan fingerprint density at radius 2 is 2.20 bits per heavy atom. The molecule has 1 N–H and O–H groups in total. The molecule has 2 aliphatic carbocycles. The molecular formula is C9H16O. The molecule has 58 valence electrons. The van der Waals surface area contributed by atoms with Crippen LogP contribution in [-0.4, -0.2) is 10.7 Å². The summed E-state index contributed by atoms with van der Waals surface area (Å²) in [4.78, 5) is 0. The SMILES string of the molecule is CCC1CC1(O)C1CCC1. The van der Waals surface area contributed by atoms with Gasteiger partial charge in [0.05, 0.1) is 5.60 Å². The van der Waals surface area contributed by atoms with Crippen LogP contribution in [0, 0.1) is 11.8 Å². The minimum absolute atomic E-state index is 0.187. The van der Waals surface area contributed by atoms with Gasteiger partial charge in [0.15, 0.2) is 0 Å². The zero-order chi connectivity index (χ0) is 7.19. The molecule has 1 nitrogen and oxygen atoms in total. The van der Waals surface area contributed by atoms with Crippen LogP contribution < -0.4 is 0 Å². The van der Waals surface area contributed by atoms with Gasteiger partial charge in [0.25, 0.3) is 0 Å². The van der Waals surface area contributed by atoms with Crippen molar-refractivity contribution in [3.05, 3.63) is 0 Å². The zero-order valence-electron chi connectivity index (χ0n) is 6.64. The highest BCUT2D eigenvalue weighted by molar-refractivity contribution is 5.08. The van der Waals surface area contributed by atoms with E-state index in [1.807, 2.05) is 0 Å². The van der Waals surface area contributed by atoms with Crippen LogP contribution in [0.25, 0.3) is 0 Å². The van der Waals surface area contributed by atoms with Crippen LogP contribution in [0.4, 0.5) is 0 Å². The second-order valence-corrected chi connectivity index (χ2v) is 3.93. The molecule has 0 aliphatic heterocycles. The Morgan fingerprint density at radius 3 is 2.50 bits per heavy atom. The fourth-order valence-electron chi connectivity index (χ4n) is 2.24. The van der Waals surface area contributed by atoms with Crippen molar-refractivity contribution in [2.24, 2.45) is 11.8 Å². The predicted octanol–water partition coefficient (Wildman–Crippen LogP) is 1.95. The first-order valence-corrected chi connectivity index (χ1v) is 4.49. The van der Waals surface area contributed by atoms with Crippen molar-refractivity contribution in [1.82, 2.24) is 0 Å². The first-order valence-electron chi connectivity index (χ1n) is 4.49. The lowest BCUT2D eigenvalue weighted by Gasteiger charge is -2.31. The number of hydrogen-bond acceptors (Lipinski definition) is 1. The third-order valence-electron chi connectivity index (χ3n) is 3.43.